The minimum Gasteiger partial charge on any atom is -0.393 e. The van der Waals surface area contributed by atoms with Crippen LogP contribution in [0.1, 0.15) is 13.3 Å². The molecule has 2 rings (SSSR count). The molecule has 1 aliphatic heterocycles. The molecule has 1 fully saturated rings. The maximum atomic E-state index is 13.6. The molecule has 2 heterocycles. The summed E-state index contributed by atoms with van der Waals surface area (Å²) in [5.41, 5.74) is 2.29. The fraction of sp³-hybridized carbons (Fsp3) is 0.600. The van der Waals surface area contributed by atoms with Crippen LogP contribution in [0, 0.1) is 11.7 Å². The normalized spacial score (nSPS) is 21.6. The zero-order valence-electron chi connectivity index (χ0n) is 9.60. The van der Waals surface area contributed by atoms with Gasteiger partial charge in [-0.2, -0.15) is 4.98 Å². The molecule has 0 aliphatic carbocycles. The molecule has 17 heavy (non-hydrogen) atoms. The van der Waals surface area contributed by atoms with Crippen LogP contribution in [0.2, 0.25) is 0 Å². The van der Waals surface area contributed by atoms with Gasteiger partial charge in [0.25, 0.3) is 0 Å². The van der Waals surface area contributed by atoms with Gasteiger partial charge in [0.15, 0.2) is 11.6 Å². The van der Waals surface area contributed by atoms with Gasteiger partial charge in [-0.25, -0.2) is 15.2 Å². The molecule has 2 atom stereocenters. The molecule has 0 radical (unpaired) electrons. The highest BCUT2D eigenvalue weighted by Gasteiger charge is 2.28. The Labute approximate surface area is 98.6 Å². The van der Waals surface area contributed by atoms with Gasteiger partial charge in [0, 0.05) is 19.0 Å². The Morgan fingerprint density at radius 1 is 1.71 bits per heavy atom. The van der Waals surface area contributed by atoms with Gasteiger partial charge in [-0.15, -0.1) is 0 Å². The van der Waals surface area contributed by atoms with Crippen molar-refractivity contribution < 1.29 is 9.50 Å². The molecule has 0 amide bonds. The van der Waals surface area contributed by atoms with Crippen molar-refractivity contribution in [2.75, 3.05) is 23.4 Å². The number of hydrogen-bond donors (Lipinski definition) is 3. The molecule has 0 spiro atoms. The van der Waals surface area contributed by atoms with Crippen molar-refractivity contribution in [1.82, 2.24) is 9.97 Å². The SMILES string of the molecule is CC(O)C1CCN(c2nc(NN)ncc2F)C1. The lowest BCUT2D eigenvalue weighted by atomic mass is 10.0. The molecule has 1 aromatic heterocycles. The monoisotopic (exact) mass is 241 g/mol. The lowest BCUT2D eigenvalue weighted by Crippen LogP contribution is -2.26. The summed E-state index contributed by atoms with van der Waals surface area (Å²) >= 11 is 0. The summed E-state index contributed by atoms with van der Waals surface area (Å²) in [4.78, 5) is 9.47. The molecule has 4 N–H and O–H groups in total. The van der Waals surface area contributed by atoms with Gasteiger partial charge in [0.2, 0.25) is 5.95 Å². The Balaban J connectivity index is 2.18. The first-order valence-electron chi connectivity index (χ1n) is 5.54. The molecule has 1 aliphatic rings. The second-order valence-corrected chi connectivity index (χ2v) is 4.24. The quantitative estimate of drug-likeness (QED) is 0.514. The van der Waals surface area contributed by atoms with E-state index in [1.807, 2.05) is 0 Å². The summed E-state index contributed by atoms with van der Waals surface area (Å²) in [7, 11) is 0. The number of halogens is 1. The highest BCUT2D eigenvalue weighted by molar-refractivity contribution is 5.44. The first-order valence-corrected chi connectivity index (χ1v) is 5.54. The lowest BCUT2D eigenvalue weighted by molar-refractivity contribution is 0.136. The molecule has 7 heteroatoms. The highest BCUT2D eigenvalue weighted by atomic mass is 19.1. The zero-order chi connectivity index (χ0) is 12.4. The number of aromatic nitrogens is 2. The summed E-state index contributed by atoms with van der Waals surface area (Å²) < 4.78 is 13.6. The lowest BCUT2D eigenvalue weighted by Gasteiger charge is -2.19. The molecule has 94 valence electrons. The number of nitrogen functional groups attached to an aromatic ring is 1. The molecular weight excluding hydrogens is 225 g/mol. The number of nitrogens with one attached hydrogen (secondary N) is 1. The van der Waals surface area contributed by atoms with Crippen molar-refractivity contribution in [2.24, 2.45) is 11.8 Å². The van der Waals surface area contributed by atoms with Crippen LogP contribution in [0.3, 0.4) is 0 Å². The number of hydrogen-bond acceptors (Lipinski definition) is 6. The molecule has 0 bridgehead atoms. The van der Waals surface area contributed by atoms with Crippen LogP contribution in [-0.2, 0) is 0 Å². The van der Waals surface area contributed by atoms with Gasteiger partial charge in [-0.05, 0) is 13.3 Å². The first kappa shape index (κ1) is 12.0. The fourth-order valence-electron chi connectivity index (χ4n) is 2.02. The summed E-state index contributed by atoms with van der Waals surface area (Å²) in [6, 6.07) is 0. The number of nitrogens with zero attached hydrogens (tertiary/aromatic N) is 3. The Morgan fingerprint density at radius 2 is 2.47 bits per heavy atom. The van der Waals surface area contributed by atoms with Crippen molar-refractivity contribution in [3.63, 3.8) is 0 Å². The van der Waals surface area contributed by atoms with E-state index in [1.54, 1.807) is 11.8 Å². The van der Waals surface area contributed by atoms with Crippen molar-refractivity contribution in [1.29, 1.82) is 0 Å². The second-order valence-electron chi connectivity index (χ2n) is 4.24. The molecule has 0 saturated carbocycles. The summed E-state index contributed by atoms with van der Waals surface area (Å²) in [5, 5.41) is 9.50. The van der Waals surface area contributed by atoms with E-state index in [0.29, 0.717) is 13.1 Å². The third-order valence-corrected chi connectivity index (χ3v) is 3.06. The largest absolute Gasteiger partial charge is 0.393 e. The van der Waals surface area contributed by atoms with Crippen molar-refractivity contribution in [3.05, 3.63) is 12.0 Å². The van der Waals surface area contributed by atoms with E-state index >= 15 is 0 Å². The Kier molecular flexibility index (Phi) is 3.39. The summed E-state index contributed by atoms with van der Waals surface area (Å²) in [6.07, 6.45) is 1.52. The Hall–Kier alpha value is -1.47. The number of aliphatic hydroxyl groups is 1. The second kappa shape index (κ2) is 4.80. The van der Waals surface area contributed by atoms with Gasteiger partial charge in [-0.3, -0.25) is 5.43 Å². The van der Waals surface area contributed by atoms with Gasteiger partial charge >= 0.3 is 0 Å². The molecule has 1 aromatic rings. The minimum atomic E-state index is -0.477. The Bertz CT molecular complexity index is 400. The van der Waals surface area contributed by atoms with Crippen LogP contribution in [0.4, 0.5) is 16.2 Å². The molecule has 2 unspecified atom stereocenters. The Morgan fingerprint density at radius 3 is 3.06 bits per heavy atom. The number of aliphatic hydroxyl groups excluding tert-OH is 1. The zero-order valence-corrected chi connectivity index (χ0v) is 9.60. The van der Waals surface area contributed by atoms with Crippen molar-refractivity contribution in [3.8, 4) is 0 Å². The van der Waals surface area contributed by atoms with Gasteiger partial charge in [0.1, 0.15) is 0 Å². The van der Waals surface area contributed by atoms with E-state index in [4.69, 9.17) is 5.84 Å². The van der Waals surface area contributed by atoms with E-state index in [1.165, 1.54) is 0 Å². The van der Waals surface area contributed by atoms with E-state index in [2.05, 4.69) is 15.4 Å². The number of anilines is 2. The van der Waals surface area contributed by atoms with Crippen LogP contribution in [0.25, 0.3) is 0 Å². The smallest absolute Gasteiger partial charge is 0.239 e. The van der Waals surface area contributed by atoms with Gasteiger partial charge < -0.3 is 10.0 Å². The fourth-order valence-corrected chi connectivity index (χ4v) is 2.02. The average molecular weight is 241 g/mol. The number of hydrazine groups is 1. The topological polar surface area (TPSA) is 87.3 Å². The van der Waals surface area contributed by atoms with Gasteiger partial charge in [-0.1, -0.05) is 0 Å². The predicted molar refractivity (Wildman–Crippen MR) is 61.8 cm³/mol. The standard InChI is InChI=1S/C10H16FN5O/c1-6(17)7-2-3-16(5-7)9-8(11)4-13-10(14-9)15-12/h4,6-7,17H,2-3,5,12H2,1H3,(H,13,14,15). The highest BCUT2D eigenvalue weighted by Crippen LogP contribution is 2.26. The van der Waals surface area contributed by atoms with Crippen LogP contribution < -0.4 is 16.2 Å². The maximum Gasteiger partial charge on any atom is 0.239 e. The van der Waals surface area contributed by atoms with E-state index < -0.39 is 11.9 Å². The van der Waals surface area contributed by atoms with E-state index in [-0.39, 0.29) is 17.7 Å². The average Bonchev–Trinajstić information content (AvgIpc) is 2.79. The van der Waals surface area contributed by atoms with E-state index in [0.717, 1.165) is 12.6 Å². The predicted octanol–water partition coefficient (Wildman–Crippen LogP) is 0.108. The third kappa shape index (κ3) is 2.45. The molecular formula is C10H16FN5O. The number of nitrogens with two attached hydrogens (primary N) is 1. The molecule has 0 aromatic carbocycles. The molecule has 6 nitrogen and oxygen atoms in total. The van der Waals surface area contributed by atoms with Crippen LogP contribution in [0.5, 0.6) is 0 Å². The summed E-state index contributed by atoms with van der Waals surface area (Å²) in [5.74, 6) is 5.28. The van der Waals surface area contributed by atoms with Crippen molar-refractivity contribution >= 4 is 11.8 Å². The number of rotatable bonds is 3. The molecule has 1 saturated heterocycles. The van der Waals surface area contributed by atoms with Crippen LogP contribution in [-0.4, -0.2) is 34.3 Å². The first-order chi connectivity index (χ1) is 8.11. The summed E-state index contributed by atoms with van der Waals surface area (Å²) in [6.45, 7) is 3.01. The minimum absolute atomic E-state index is 0.152. The third-order valence-electron chi connectivity index (χ3n) is 3.06. The van der Waals surface area contributed by atoms with Crippen molar-refractivity contribution in [2.45, 2.75) is 19.4 Å². The maximum absolute atomic E-state index is 13.6. The van der Waals surface area contributed by atoms with Crippen LogP contribution in [0.15, 0.2) is 6.20 Å². The van der Waals surface area contributed by atoms with Gasteiger partial charge in [0.05, 0.1) is 12.3 Å². The van der Waals surface area contributed by atoms with E-state index in [9.17, 15) is 9.50 Å². The van der Waals surface area contributed by atoms with Crippen LogP contribution >= 0.6 is 0 Å².